The van der Waals surface area contributed by atoms with Crippen molar-refractivity contribution in [2.24, 2.45) is 0 Å². The average molecular weight is 338 g/mol. The molecular weight excluding hydrogens is 319 g/mol. The van der Waals surface area contributed by atoms with Crippen LogP contribution in [0, 0.1) is 5.82 Å². The van der Waals surface area contributed by atoms with E-state index in [1.54, 1.807) is 18.6 Å². The summed E-state index contributed by atoms with van der Waals surface area (Å²) in [4.78, 5) is 18.4. The van der Waals surface area contributed by atoms with Gasteiger partial charge in [-0.15, -0.1) is 0 Å². The number of aromatic nitrogens is 4. The molecule has 1 atom stereocenters. The molecule has 2 aromatic heterocycles. The molecule has 1 aromatic carbocycles. The Kier molecular flexibility index (Phi) is 3.41. The van der Waals surface area contributed by atoms with E-state index in [1.165, 1.54) is 31.5 Å². The number of rotatable bonds is 2. The fourth-order valence-electron chi connectivity index (χ4n) is 3.94. The number of halogens is 1. The van der Waals surface area contributed by atoms with Crippen LogP contribution in [0.25, 0.3) is 16.9 Å². The van der Waals surface area contributed by atoms with Gasteiger partial charge in [-0.25, -0.2) is 14.4 Å². The molecule has 2 saturated heterocycles. The number of benzene rings is 1. The third kappa shape index (κ3) is 2.55. The second-order valence-corrected chi connectivity index (χ2v) is 6.75. The number of imidazole rings is 1. The molecule has 0 amide bonds. The van der Waals surface area contributed by atoms with Gasteiger partial charge in [-0.3, -0.25) is 9.47 Å². The molecule has 1 unspecified atom stereocenters. The van der Waals surface area contributed by atoms with Crippen molar-refractivity contribution >= 4 is 17.1 Å². The average Bonchev–Trinajstić information content (AvgIpc) is 3.27. The molecule has 4 heterocycles. The number of anilines is 1. The number of fused-ring (bicyclic) bond motifs is 2. The van der Waals surface area contributed by atoms with Gasteiger partial charge in [0.15, 0.2) is 5.65 Å². The zero-order chi connectivity index (χ0) is 16.8. The molecule has 6 nitrogen and oxygen atoms in total. The van der Waals surface area contributed by atoms with Crippen molar-refractivity contribution in [3.05, 3.63) is 42.6 Å². The van der Waals surface area contributed by atoms with E-state index in [4.69, 9.17) is 4.98 Å². The van der Waals surface area contributed by atoms with E-state index >= 15 is 0 Å². The van der Waals surface area contributed by atoms with Gasteiger partial charge in [-0.05, 0) is 37.6 Å². The minimum atomic E-state index is -0.272. The van der Waals surface area contributed by atoms with Gasteiger partial charge in [-0.1, -0.05) is 6.07 Å². The van der Waals surface area contributed by atoms with Crippen molar-refractivity contribution in [1.29, 1.82) is 0 Å². The summed E-state index contributed by atoms with van der Waals surface area (Å²) in [5.74, 6) is 0.461. The van der Waals surface area contributed by atoms with Crippen LogP contribution in [0.3, 0.4) is 0 Å². The first kappa shape index (κ1) is 14.8. The first-order valence-electron chi connectivity index (χ1n) is 8.73. The van der Waals surface area contributed by atoms with E-state index < -0.39 is 0 Å². The van der Waals surface area contributed by atoms with Crippen LogP contribution in [-0.4, -0.2) is 56.6 Å². The van der Waals surface area contributed by atoms with E-state index in [9.17, 15) is 4.39 Å². The second kappa shape index (κ2) is 5.77. The molecule has 0 radical (unpaired) electrons. The maximum absolute atomic E-state index is 13.6. The summed E-state index contributed by atoms with van der Waals surface area (Å²) in [5.41, 5.74) is 2.14. The molecule has 7 heteroatoms. The monoisotopic (exact) mass is 338 g/mol. The summed E-state index contributed by atoms with van der Waals surface area (Å²) in [6.07, 6.45) is 5.96. The smallest absolute Gasteiger partial charge is 0.227 e. The Bertz CT molecular complexity index is 923. The minimum Gasteiger partial charge on any atom is -0.338 e. The zero-order valence-electron chi connectivity index (χ0n) is 13.8. The zero-order valence-corrected chi connectivity index (χ0v) is 13.8. The summed E-state index contributed by atoms with van der Waals surface area (Å²) in [6, 6.07) is 7.08. The molecule has 25 heavy (non-hydrogen) atoms. The van der Waals surface area contributed by atoms with Crippen molar-refractivity contribution in [2.75, 3.05) is 31.1 Å². The van der Waals surface area contributed by atoms with Crippen molar-refractivity contribution in [1.82, 2.24) is 24.4 Å². The van der Waals surface area contributed by atoms with Gasteiger partial charge in [0.05, 0.1) is 11.9 Å². The molecule has 3 aromatic rings. The van der Waals surface area contributed by atoms with Crippen LogP contribution in [0.1, 0.15) is 12.8 Å². The third-order valence-corrected chi connectivity index (χ3v) is 5.23. The third-order valence-electron chi connectivity index (χ3n) is 5.23. The fourth-order valence-corrected chi connectivity index (χ4v) is 3.94. The predicted octanol–water partition coefficient (Wildman–Crippen LogP) is 2.24. The highest BCUT2D eigenvalue weighted by Crippen LogP contribution is 2.25. The summed E-state index contributed by atoms with van der Waals surface area (Å²) in [7, 11) is 0. The van der Waals surface area contributed by atoms with Crippen LogP contribution in [0.5, 0.6) is 0 Å². The summed E-state index contributed by atoms with van der Waals surface area (Å²) < 4.78 is 15.4. The Morgan fingerprint density at radius 2 is 2.08 bits per heavy atom. The van der Waals surface area contributed by atoms with Crippen LogP contribution >= 0.6 is 0 Å². The Morgan fingerprint density at radius 3 is 3.00 bits per heavy atom. The van der Waals surface area contributed by atoms with E-state index in [-0.39, 0.29) is 5.82 Å². The van der Waals surface area contributed by atoms with Gasteiger partial charge < -0.3 is 4.90 Å². The molecule has 128 valence electrons. The molecule has 0 spiro atoms. The molecule has 0 bridgehead atoms. The Balaban J connectivity index is 1.52. The topological polar surface area (TPSA) is 50.1 Å². The lowest BCUT2D eigenvalue weighted by atomic mass is 10.2. The lowest BCUT2D eigenvalue weighted by molar-refractivity contribution is 0.229. The van der Waals surface area contributed by atoms with Crippen LogP contribution in [0.4, 0.5) is 10.3 Å². The molecule has 2 fully saturated rings. The second-order valence-electron chi connectivity index (χ2n) is 6.75. The highest BCUT2D eigenvalue weighted by Gasteiger charge is 2.31. The van der Waals surface area contributed by atoms with Crippen molar-refractivity contribution in [3.8, 4) is 5.69 Å². The first-order chi connectivity index (χ1) is 12.3. The van der Waals surface area contributed by atoms with Gasteiger partial charge in [0.25, 0.3) is 0 Å². The SMILES string of the molecule is Fc1cccc(-n2cnc3cnc(N4CCN5CCCC5C4)nc32)c1. The maximum atomic E-state index is 13.6. The Hall–Kier alpha value is -2.54. The summed E-state index contributed by atoms with van der Waals surface area (Å²) in [6.45, 7) is 4.19. The first-order valence-corrected chi connectivity index (χ1v) is 8.73. The molecular formula is C18H19FN6. The lowest BCUT2D eigenvalue weighted by Crippen LogP contribution is -2.50. The van der Waals surface area contributed by atoms with Crippen LogP contribution in [0.2, 0.25) is 0 Å². The molecule has 0 saturated carbocycles. The van der Waals surface area contributed by atoms with Crippen molar-refractivity contribution in [3.63, 3.8) is 0 Å². The fraction of sp³-hybridized carbons (Fsp3) is 0.389. The number of piperazine rings is 1. The van der Waals surface area contributed by atoms with E-state index in [2.05, 4.69) is 19.8 Å². The van der Waals surface area contributed by atoms with Gasteiger partial charge in [-0.2, -0.15) is 4.98 Å². The molecule has 0 aliphatic carbocycles. The van der Waals surface area contributed by atoms with Crippen molar-refractivity contribution in [2.45, 2.75) is 18.9 Å². The van der Waals surface area contributed by atoms with Gasteiger partial charge in [0.1, 0.15) is 17.7 Å². The predicted molar refractivity (Wildman–Crippen MR) is 93.4 cm³/mol. The van der Waals surface area contributed by atoms with E-state index in [1.807, 2.05) is 10.6 Å². The Morgan fingerprint density at radius 1 is 1.12 bits per heavy atom. The largest absolute Gasteiger partial charge is 0.338 e. The van der Waals surface area contributed by atoms with Crippen LogP contribution in [-0.2, 0) is 0 Å². The standard InChI is InChI=1S/C18H19FN6/c19-13-3-1-4-14(9-13)25-12-21-16-10-20-18(22-17(16)25)24-8-7-23-6-2-5-15(23)11-24/h1,3-4,9-10,12,15H,2,5-8,11H2. The number of hydrogen-bond donors (Lipinski definition) is 0. The van der Waals surface area contributed by atoms with Gasteiger partial charge >= 0.3 is 0 Å². The minimum absolute atomic E-state index is 0.272. The molecule has 2 aliphatic heterocycles. The van der Waals surface area contributed by atoms with Crippen LogP contribution in [0.15, 0.2) is 36.8 Å². The van der Waals surface area contributed by atoms with Gasteiger partial charge in [0, 0.05) is 25.7 Å². The normalized spacial score (nSPS) is 21.0. The summed E-state index contributed by atoms with van der Waals surface area (Å²) in [5, 5.41) is 0. The van der Waals surface area contributed by atoms with E-state index in [0.717, 1.165) is 25.6 Å². The van der Waals surface area contributed by atoms with Crippen LogP contribution < -0.4 is 4.90 Å². The van der Waals surface area contributed by atoms with E-state index in [0.29, 0.717) is 22.9 Å². The van der Waals surface area contributed by atoms with Gasteiger partial charge in [0.2, 0.25) is 5.95 Å². The molecule has 2 aliphatic rings. The highest BCUT2D eigenvalue weighted by molar-refractivity contribution is 5.73. The molecule has 0 N–H and O–H groups in total. The maximum Gasteiger partial charge on any atom is 0.227 e. The molecule has 5 rings (SSSR count). The lowest BCUT2D eigenvalue weighted by Gasteiger charge is -2.37. The number of hydrogen-bond acceptors (Lipinski definition) is 5. The summed E-state index contributed by atoms with van der Waals surface area (Å²) >= 11 is 0. The number of nitrogens with zero attached hydrogens (tertiary/aromatic N) is 6. The highest BCUT2D eigenvalue weighted by atomic mass is 19.1. The quantitative estimate of drug-likeness (QED) is 0.717. The van der Waals surface area contributed by atoms with Crippen molar-refractivity contribution < 1.29 is 4.39 Å². The Labute approximate surface area is 144 Å².